The van der Waals surface area contributed by atoms with E-state index in [4.69, 9.17) is 4.74 Å². The molecule has 0 heterocycles. The molecule has 1 amide bonds. The number of amides is 1. The lowest BCUT2D eigenvalue weighted by atomic mass is 9.95. The molecule has 1 aromatic rings. The summed E-state index contributed by atoms with van der Waals surface area (Å²) >= 11 is 0. The lowest BCUT2D eigenvalue weighted by molar-refractivity contribution is -0.128. The fraction of sp³-hybridized carbons (Fsp3) is 0.562. The van der Waals surface area contributed by atoms with Crippen LogP contribution in [0.15, 0.2) is 24.3 Å². The van der Waals surface area contributed by atoms with Crippen molar-refractivity contribution in [1.29, 1.82) is 0 Å². The molecule has 1 aliphatic carbocycles. The van der Waals surface area contributed by atoms with Gasteiger partial charge in [-0.25, -0.2) is 0 Å². The first-order valence-electron chi connectivity index (χ1n) is 7.44. The maximum Gasteiger partial charge on any atom is 0.260 e. The SMILES string of the molecule is CNc1ccc(OC(C)C(=O)NC2CCCCC2)cc1. The number of hydrogen-bond acceptors (Lipinski definition) is 3. The van der Waals surface area contributed by atoms with Crippen LogP contribution < -0.4 is 15.4 Å². The average molecular weight is 276 g/mol. The summed E-state index contributed by atoms with van der Waals surface area (Å²) in [7, 11) is 1.87. The highest BCUT2D eigenvalue weighted by Gasteiger charge is 2.20. The lowest BCUT2D eigenvalue weighted by Crippen LogP contribution is -2.43. The first kappa shape index (κ1) is 14.7. The molecule has 1 atom stereocenters. The number of nitrogens with one attached hydrogen (secondary N) is 2. The van der Waals surface area contributed by atoms with Crippen LogP contribution in [-0.2, 0) is 4.79 Å². The quantitative estimate of drug-likeness (QED) is 0.869. The Bertz CT molecular complexity index is 425. The molecule has 0 bridgehead atoms. The second-order valence-corrected chi connectivity index (χ2v) is 5.38. The fourth-order valence-electron chi connectivity index (χ4n) is 2.52. The van der Waals surface area contributed by atoms with E-state index in [1.54, 1.807) is 6.92 Å². The van der Waals surface area contributed by atoms with E-state index in [1.807, 2.05) is 31.3 Å². The summed E-state index contributed by atoms with van der Waals surface area (Å²) in [5.74, 6) is 0.699. The molecule has 1 aromatic carbocycles. The van der Waals surface area contributed by atoms with Crippen LogP contribution in [0.2, 0.25) is 0 Å². The topological polar surface area (TPSA) is 50.4 Å². The van der Waals surface area contributed by atoms with Crippen molar-refractivity contribution < 1.29 is 9.53 Å². The minimum atomic E-state index is -0.461. The van der Waals surface area contributed by atoms with Crippen molar-refractivity contribution in [3.63, 3.8) is 0 Å². The van der Waals surface area contributed by atoms with E-state index in [0.717, 1.165) is 24.3 Å². The number of hydrogen-bond donors (Lipinski definition) is 2. The molecule has 0 spiro atoms. The molecule has 0 aliphatic heterocycles. The predicted molar refractivity (Wildman–Crippen MR) is 81.1 cm³/mol. The molecule has 0 aromatic heterocycles. The van der Waals surface area contributed by atoms with Crippen molar-refractivity contribution in [2.45, 2.75) is 51.2 Å². The van der Waals surface area contributed by atoms with Gasteiger partial charge in [-0.1, -0.05) is 19.3 Å². The Kier molecular flexibility index (Phi) is 5.27. The molecular formula is C16H24N2O2. The second-order valence-electron chi connectivity index (χ2n) is 5.38. The van der Waals surface area contributed by atoms with Gasteiger partial charge in [-0.05, 0) is 44.0 Å². The summed E-state index contributed by atoms with van der Waals surface area (Å²) in [5, 5.41) is 6.13. The third-order valence-corrected chi connectivity index (χ3v) is 3.78. The molecule has 1 saturated carbocycles. The van der Waals surface area contributed by atoms with Crippen molar-refractivity contribution in [2.24, 2.45) is 0 Å². The molecule has 1 unspecified atom stereocenters. The molecule has 4 heteroatoms. The van der Waals surface area contributed by atoms with Gasteiger partial charge in [0.15, 0.2) is 6.10 Å². The largest absolute Gasteiger partial charge is 0.481 e. The van der Waals surface area contributed by atoms with Crippen molar-refractivity contribution >= 4 is 11.6 Å². The minimum Gasteiger partial charge on any atom is -0.481 e. The van der Waals surface area contributed by atoms with Crippen LogP contribution in [0, 0.1) is 0 Å². The molecule has 0 radical (unpaired) electrons. The van der Waals surface area contributed by atoms with Crippen molar-refractivity contribution in [1.82, 2.24) is 5.32 Å². The van der Waals surface area contributed by atoms with Gasteiger partial charge in [-0.15, -0.1) is 0 Å². The zero-order valence-corrected chi connectivity index (χ0v) is 12.3. The molecule has 20 heavy (non-hydrogen) atoms. The molecule has 110 valence electrons. The third kappa shape index (κ3) is 4.15. The molecule has 2 N–H and O–H groups in total. The zero-order valence-electron chi connectivity index (χ0n) is 12.3. The second kappa shape index (κ2) is 7.17. The van der Waals surface area contributed by atoms with Crippen molar-refractivity contribution in [3.8, 4) is 5.75 Å². The van der Waals surface area contributed by atoms with Crippen LogP contribution in [0.4, 0.5) is 5.69 Å². The smallest absolute Gasteiger partial charge is 0.260 e. The Morgan fingerprint density at radius 1 is 1.20 bits per heavy atom. The number of ether oxygens (including phenoxy) is 1. The van der Waals surface area contributed by atoms with Crippen LogP contribution >= 0.6 is 0 Å². The first-order chi connectivity index (χ1) is 9.69. The average Bonchev–Trinajstić information content (AvgIpc) is 2.49. The summed E-state index contributed by atoms with van der Waals surface area (Å²) in [4.78, 5) is 12.1. The highest BCUT2D eigenvalue weighted by molar-refractivity contribution is 5.81. The van der Waals surface area contributed by atoms with Crippen molar-refractivity contribution in [2.75, 3.05) is 12.4 Å². The summed E-state index contributed by atoms with van der Waals surface area (Å²) in [6.07, 6.45) is 5.44. The summed E-state index contributed by atoms with van der Waals surface area (Å²) < 4.78 is 5.68. The predicted octanol–water partition coefficient (Wildman–Crippen LogP) is 2.94. The minimum absolute atomic E-state index is 0.0189. The Hall–Kier alpha value is -1.71. The standard InChI is InChI=1S/C16H24N2O2/c1-12(16(19)18-14-6-4-3-5-7-14)20-15-10-8-13(17-2)9-11-15/h8-12,14,17H,3-7H2,1-2H3,(H,18,19). The van der Waals surface area contributed by atoms with E-state index < -0.39 is 6.10 Å². The molecule has 1 fully saturated rings. The van der Waals surface area contributed by atoms with Gasteiger partial charge < -0.3 is 15.4 Å². The van der Waals surface area contributed by atoms with Gasteiger partial charge in [0.1, 0.15) is 5.75 Å². The maximum atomic E-state index is 12.1. The number of rotatable bonds is 5. The van der Waals surface area contributed by atoms with Gasteiger partial charge in [0.25, 0.3) is 5.91 Å². The normalized spacial score (nSPS) is 17.3. The highest BCUT2D eigenvalue weighted by atomic mass is 16.5. The van der Waals surface area contributed by atoms with E-state index in [2.05, 4.69) is 10.6 Å². The Labute approximate surface area is 120 Å². The summed E-state index contributed by atoms with van der Waals surface area (Å²) in [6, 6.07) is 7.93. The first-order valence-corrected chi connectivity index (χ1v) is 7.44. The number of carbonyl (C=O) groups excluding carboxylic acids is 1. The summed E-state index contributed by atoms with van der Waals surface area (Å²) in [6.45, 7) is 1.80. The molecule has 4 nitrogen and oxygen atoms in total. The number of carbonyl (C=O) groups is 1. The Morgan fingerprint density at radius 2 is 1.85 bits per heavy atom. The molecular weight excluding hydrogens is 252 g/mol. The van der Waals surface area contributed by atoms with Crippen LogP contribution in [0.25, 0.3) is 0 Å². The van der Waals surface area contributed by atoms with E-state index in [0.29, 0.717) is 6.04 Å². The number of anilines is 1. The van der Waals surface area contributed by atoms with Crippen LogP contribution in [0.5, 0.6) is 5.75 Å². The summed E-state index contributed by atoms with van der Waals surface area (Å²) in [5.41, 5.74) is 1.02. The highest BCUT2D eigenvalue weighted by Crippen LogP contribution is 2.19. The van der Waals surface area contributed by atoms with E-state index in [9.17, 15) is 4.79 Å². The van der Waals surface area contributed by atoms with E-state index >= 15 is 0 Å². The lowest BCUT2D eigenvalue weighted by Gasteiger charge is -2.24. The van der Waals surface area contributed by atoms with Crippen LogP contribution in [0.3, 0.4) is 0 Å². The van der Waals surface area contributed by atoms with Crippen LogP contribution in [0.1, 0.15) is 39.0 Å². The van der Waals surface area contributed by atoms with Gasteiger partial charge in [0.05, 0.1) is 0 Å². The van der Waals surface area contributed by atoms with Gasteiger partial charge in [0, 0.05) is 18.8 Å². The van der Waals surface area contributed by atoms with Gasteiger partial charge in [0.2, 0.25) is 0 Å². The fourth-order valence-corrected chi connectivity index (χ4v) is 2.52. The van der Waals surface area contributed by atoms with E-state index in [1.165, 1.54) is 19.3 Å². The Balaban J connectivity index is 1.83. The van der Waals surface area contributed by atoms with Crippen LogP contribution in [-0.4, -0.2) is 25.1 Å². The molecule has 2 rings (SSSR count). The van der Waals surface area contributed by atoms with Gasteiger partial charge in [-0.2, -0.15) is 0 Å². The third-order valence-electron chi connectivity index (χ3n) is 3.78. The van der Waals surface area contributed by atoms with E-state index in [-0.39, 0.29) is 5.91 Å². The zero-order chi connectivity index (χ0) is 14.4. The molecule has 0 saturated heterocycles. The monoisotopic (exact) mass is 276 g/mol. The maximum absolute atomic E-state index is 12.1. The van der Waals surface area contributed by atoms with Crippen molar-refractivity contribution in [3.05, 3.63) is 24.3 Å². The Morgan fingerprint density at radius 3 is 2.45 bits per heavy atom. The van der Waals surface area contributed by atoms with Gasteiger partial charge >= 0.3 is 0 Å². The number of benzene rings is 1. The molecule has 1 aliphatic rings. The van der Waals surface area contributed by atoms with Gasteiger partial charge in [-0.3, -0.25) is 4.79 Å².